The molecule has 0 radical (unpaired) electrons. The van der Waals surface area contributed by atoms with Gasteiger partial charge < -0.3 is 4.74 Å². The van der Waals surface area contributed by atoms with E-state index in [-0.39, 0.29) is 12.5 Å². The Bertz CT molecular complexity index is 383. The van der Waals surface area contributed by atoms with Crippen LogP contribution in [0.4, 0.5) is 4.79 Å². The van der Waals surface area contributed by atoms with Gasteiger partial charge in [0.15, 0.2) is 6.61 Å². The summed E-state index contributed by atoms with van der Waals surface area (Å²) in [7, 11) is 0. The van der Waals surface area contributed by atoms with E-state index in [4.69, 9.17) is 0 Å². The lowest BCUT2D eigenvalue weighted by molar-refractivity contribution is -0.125. The fourth-order valence-corrected chi connectivity index (χ4v) is 2.32. The summed E-state index contributed by atoms with van der Waals surface area (Å²) < 4.78 is 4.61. The zero-order valence-electron chi connectivity index (χ0n) is 8.36. The molecule has 1 fully saturated rings. The third-order valence-electron chi connectivity index (χ3n) is 2.22. The third kappa shape index (κ3) is 2.18. The lowest BCUT2D eigenvalue weighted by Gasteiger charge is -2.08. The number of amides is 2. The summed E-state index contributed by atoms with van der Waals surface area (Å²) in [4.78, 5) is 25.9. The molecule has 2 heterocycles. The molecule has 0 saturated carbocycles. The predicted molar refractivity (Wildman–Crippen MR) is 55.8 cm³/mol. The highest BCUT2D eigenvalue weighted by molar-refractivity contribution is 7.11. The van der Waals surface area contributed by atoms with E-state index in [1.807, 2.05) is 19.1 Å². The average molecular weight is 225 g/mol. The van der Waals surface area contributed by atoms with Gasteiger partial charge in [-0.05, 0) is 19.1 Å². The molecule has 1 aliphatic rings. The first-order chi connectivity index (χ1) is 7.16. The number of carbonyl (C=O) groups excluding carboxylic acids is 2. The molecule has 4 nitrogen and oxygen atoms in total. The maximum absolute atomic E-state index is 11.2. The van der Waals surface area contributed by atoms with Gasteiger partial charge in [0.1, 0.15) is 0 Å². The van der Waals surface area contributed by atoms with Gasteiger partial charge in [-0.1, -0.05) is 0 Å². The van der Waals surface area contributed by atoms with Crippen LogP contribution in [-0.4, -0.2) is 30.1 Å². The second kappa shape index (κ2) is 4.02. The lowest BCUT2D eigenvalue weighted by atomic mass is 10.3. The van der Waals surface area contributed by atoms with Gasteiger partial charge >= 0.3 is 6.09 Å². The van der Waals surface area contributed by atoms with E-state index in [0.717, 1.165) is 4.90 Å². The minimum absolute atomic E-state index is 0.109. The number of thiophene rings is 1. The Kier molecular flexibility index (Phi) is 2.73. The summed E-state index contributed by atoms with van der Waals surface area (Å²) in [6, 6.07) is 4.05. The first kappa shape index (κ1) is 10.2. The summed E-state index contributed by atoms with van der Waals surface area (Å²) in [6.45, 7) is 2.34. The molecule has 5 heteroatoms. The minimum atomic E-state index is -0.520. The van der Waals surface area contributed by atoms with Gasteiger partial charge in [-0.15, -0.1) is 11.3 Å². The Hall–Kier alpha value is -1.36. The normalized spacial score (nSPS) is 15.9. The molecule has 0 atom stereocenters. The van der Waals surface area contributed by atoms with Gasteiger partial charge in [-0.25, -0.2) is 9.69 Å². The molecule has 80 valence electrons. The molecular weight excluding hydrogens is 214 g/mol. The first-order valence-corrected chi connectivity index (χ1v) is 5.51. The fraction of sp³-hybridized carbons (Fsp3) is 0.400. The highest BCUT2D eigenvalue weighted by Gasteiger charge is 2.30. The topological polar surface area (TPSA) is 46.6 Å². The Morgan fingerprint density at radius 2 is 2.27 bits per heavy atom. The molecule has 0 unspecified atom stereocenters. The number of ether oxygens (including phenoxy) is 1. The van der Waals surface area contributed by atoms with Crippen LogP contribution in [0, 0.1) is 6.92 Å². The van der Waals surface area contributed by atoms with Crippen molar-refractivity contribution in [2.75, 3.05) is 13.2 Å². The molecule has 0 spiro atoms. The minimum Gasteiger partial charge on any atom is -0.439 e. The van der Waals surface area contributed by atoms with Gasteiger partial charge in [0, 0.05) is 22.7 Å². The Labute approximate surface area is 91.5 Å². The summed E-state index contributed by atoms with van der Waals surface area (Å²) in [6.07, 6.45) is 0.188. The predicted octanol–water partition coefficient (Wildman–Crippen LogP) is 1.58. The van der Waals surface area contributed by atoms with Gasteiger partial charge in [-0.3, -0.25) is 4.79 Å². The Morgan fingerprint density at radius 3 is 2.80 bits per heavy atom. The van der Waals surface area contributed by atoms with Gasteiger partial charge in [-0.2, -0.15) is 0 Å². The van der Waals surface area contributed by atoms with E-state index >= 15 is 0 Å². The number of nitrogens with zero attached hydrogens (tertiary/aromatic N) is 1. The smallest absolute Gasteiger partial charge is 0.417 e. The number of imide groups is 1. The first-order valence-electron chi connectivity index (χ1n) is 4.69. The summed E-state index contributed by atoms with van der Waals surface area (Å²) in [5, 5.41) is 0. The molecule has 15 heavy (non-hydrogen) atoms. The number of hydrogen-bond donors (Lipinski definition) is 0. The van der Waals surface area contributed by atoms with E-state index in [9.17, 15) is 9.59 Å². The van der Waals surface area contributed by atoms with Crippen molar-refractivity contribution in [1.29, 1.82) is 0 Å². The number of hydrogen-bond acceptors (Lipinski definition) is 4. The fourth-order valence-electron chi connectivity index (χ4n) is 1.44. The van der Waals surface area contributed by atoms with E-state index < -0.39 is 6.09 Å². The molecule has 1 aromatic rings. The van der Waals surface area contributed by atoms with Crippen LogP contribution in [0.1, 0.15) is 9.75 Å². The average Bonchev–Trinajstić information content (AvgIpc) is 2.73. The van der Waals surface area contributed by atoms with E-state index in [1.165, 1.54) is 9.75 Å². The molecule has 0 N–H and O–H groups in total. The Morgan fingerprint density at radius 1 is 1.47 bits per heavy atom. The second-order valence-electron chi connectivity index (χ2n) is 3.36. The van der Waals surface area contributed by atoms with Crippen LogP contribution in [0.3, 0.4) is 0 Å². The molecule has 0 bridgehead atoms. The van der Waals surface area contributed by atoms with Crippen molar-refractivity contribution in [3.8, 4) is 0 Å². The zero-order valence-corrected chi connectivity index (χ0v) is 9.17. The van der Waals surface area contributed by atoms with Crippen molar-refractivity contribution in [2.24, 2.45) is 0 Å². The molecule has 0 aliphatic carbocycles. The number of aryl methyl sites for hydroxylation is 1. The maximum atomic E-state index is 11.2. The van der Waals surface area contributed by atoms with Crippen molar-refractivity contribution in [3.63, 3.8) is 0 Å². The van der Waals surface area contributed by atoms with Crippen LogP contribution in [0.5, 0.6) is 0 Å². The lowest BCUT2D eigenvalue weighted by Crippen LogP contribution is -2.30. The van der Waals surface area contributed by atoms with Crippen molar-refractivity contribution >= 4 is 23.3 Å². The van der Waals surface area contributed by atoms with Crippen LogP contribution in [0.25, 0.3) is 0 Å². The monoisotopic (exact) mass is 225 g/mol. The molecule has 0 aromatic carbocycles. The SMILES string of the molecule is Cc1ccc(CCN2C(=O)COC2=O)s1. The van der Waals surface area contributed by atoms with Crippen LogP contribution in [0.2, 0.25) is 0 Å². The summed E-state index contributed by atoms with van der Waals surface area (Å²) in [5.41, 5.74) is 0. The van der Waals surface area contributed by atoms with E-state index in [2.05, 4.69) is 4.74 Å². The second-order valence-corrected chi connectivity index (χ2v) is 4.73. The standard InChI is InChI=1S/C10H11NO3S/c1-7-2-3-8(15-7)4-5-11-9(12)6-14-10(11)13/h2-3H,4-6H2,1H3. The van der Waals surface area contributed by atoms with Crippen LogP contribution >= 0.6 is 11.3 Å². The molecular formula is C10H11NO3S. The van der Waals surface area contributed by atoms with E-state index in [1.54, 1.807) is 11.3 Å². The third-order valence-corrected chi connectivity index (χ3v) is 3.28. The molecule has 2 amide bonds. The Balaban J connectivity index is 1.93. The van der Waals surface area contributed by atoms with Crippen molar-refractivity contribution in [1.82, 2.24) is 4.90 Å². The number of rotatable bonds is 3. The zero-order chi connectivity index (χ0) is 10.8. The highest BCUT2D eigenvalue weighted by atomic mass is 32.1. The number of carbonyl (C=O) groups is 2. The quantitative estimate of drug-likeness (QED) is 0.784. The van der Waals surface area contributed by atoms with Gasteiger partial charge in [0.05, 0.1) is 0 Å². The summed E-state index contributed by atoms with van der Waals surface area (Å²) >= 11 is 1.68. The molecule has 1 aliphatic heterocycles. The van der Waals surface area contributed by atoms with Crippen molar-refractivity contribution < 1.29 is 14.3 Å². The number of cyclic esters (lactones) is 1. The van der Waals surface area contributed by atoms with Crippen molar-refractivity contribution in [3.05, 3.63) is 21.9 Å². The molecule has 2 rings (SSSR count). The van der Waals surface area contributed by atoms with Crippen molar-refractivity contribution in [2.45, 2.75) is 13.3 Å². The van der Waals surface area contributed by atoms with Gasteiger partial charge in [0.2, 0.25) is 0 Å². The maximum Gasteiger partial charge on any atom is 0.417 e. The highest BCUT2D eigenvalue weighted by Crippen LogP contribution is 2.16. The van der Waals surface area contributed by atoms with E-state index in [0.29, 0.717) is 13.0 Å². The van der Waals surface area contributed by atoms with Crippen LogP contribution in [-0.2, 0) is 16.0 Å². The molecule has 1 aromatic heterocycles. The molecule has 1 saturated heterocycles. The summed E-state index contributed by atoms with van der Waals surface area (Å²) in [5.74, 6) is -0.242. The largest absolute Gasteiger partial charge is 0.439 e. The van der Waals surface area contributed by atoms with Crippen LogP contribution < -0.4 is 0 Å². The van der Waals surface area contributed by atoms with Crippen LogP contribution in [0.15, 0.2) is 12.1 Å². The van der Waals surface area contributed by atoms with Gasteiger partial charge in [0.25, 0.3) is 5.91 Å².